The summed E-state index contributed by atoms with van der Waals surface area (Å²) in [6.07, 6.45) is 3.61. The second-order valence-electron chi connectivity index (χ2n) is 2.22. The average Bonchev–Trinajstić information content (AvgIpc) is 2.28. The predicted octanol–water partition coefficient (Wildman–Crippen LogP) is 2.48. The Morgan fingerprint density at radius 1 is 1.18 bits per heavy atom. The molecule has 0 unspecified atom stereocenters. The van der Waals surface area contributed by atoms with Gasteiger partial charge in [0.05, 0.1) is 11.7 Å². The molecule has 2 heteroatoms. The first-order valence-corrected chi connectivity index (χ1v) is 3.38. The third-order valence-electron chi connectivity index (χ3n) is 1.49. The lowest BCUT2D eigenvalue weighted by Gasteiger charge is -1.94. The Balaban J connectivity index is 2.67. The van der Waals surface area contributed by atoms with E-state index in [0.29, 0.717) is 0 Å². The fourth-order valence-electron chi connectivity index (χ4n) is 0.964. The molecule has 0 N–H and O–H groups in total. The Labute approximate surface area is 64.6 Å². The summed E-state index contributed by atoms with van der Waals surface area (Å²) >= 11 is 0. The van der Waals surface area contributed by atoms with Crippen LogP contribution in [-0.4, -0.2) is 6.01 Å². The molecule has 0 radical (unpaired) electrons. The van der Waals surface area contributed by atoms with Crippen molar-refractivity contribution < 1.29 is 0 Å². The van der Waals surface area contributed by atoms with Crippen LogP contribution in [0.1, 0.15) is 5.56 Å². The van der Waals surface area contributed by atoms with Crippen LogP contribution in [0.2, 0.25) is 0 Å². The van der Waals surface area contributed by atoms with Crippen LogP contribution in [-0.2, 0) is 0 Å². The van der Waals surface area contributed by atoms with Gasteiger partial charge < -0.3 is 0 Å². The monoisotopic (exact) mass is 143 g/mol. The van der Waals surface area contributed by atoms with Gasteiger partial charge in [0, 0.05) is 11.8 Å². The van der Waals surface area contributed by atoms with Gasteiger partial charge >= 0.3 is 0 Å². The Hall–Kier alpha value is -1.66. The van der Waals surface area contributed by atoms with Gasteiger partial charge in [-0.25, -0.2) is 0 Å². The van der Waals surface area contributed by atoms with Crippen molar-refractivity contribution >= 4 is 17.8 Å². The minimum absolute atomic E-state index is 0.921. The van der Waals surface area contributed by atoms with Gasteiger partial charge in [-0.3, -0.25) is 0 Å². The van der Waals surface area contributed by atoms with Gasteiger partial charge in [-0.2, -0.15) is 9.98 Å². The maximum absolute atomic E-state index is 4.01. The normalized spacial score (nSPS) is 12.7. The highest BCUT2D eigenvalue weighted by atomic mass is 15.5. The zero-order valence-electron chi connectivity index (χ0n) is 5.86. The summed E-state index contributed by atoms with van der Waals surface area (Å²) in [4.78, 5) is 7.80. The maximum atomic E-state index is 4.01. The van der Waals surface area contributed by atoms with Gasteiger partial charge in [-0.1, -0.05) is 18.2 Å². The molecule has 0 aromatic heterocycles. The Kier molecular flexibility index (Phi) is 1.39. The fraction of sp³-hybridized carbons (Fsp3) is 0. The summed E-state index contributed by atoms with van der Waals surface area (Å²) in [6, 6.07) is 10.4. The zero-order valence-corrected chi connectivity index (χ0v) is 5.86. The summed E-state index contributed by atoms with van der Waals surface area (Å²) in [6.45, 7) is 0. The van der Waals surface area contributed by atoms with E-state index in [-0.39, 0.29) is 0 Å². The van der Waals surface area contributed by atoms with E-state index >= 15 is 0 Å². The van der Waals surface area contributed by atoms with Crippen molar-refractivity contribution in [1.29, 1.82) is 0 Å². The van der Waals surface area contributed by atoms with E-state index in [0.717, 1.165) is 11.3 Å². The van der Waals surface area contributed by atoms with E-state index in [1.807, 2.05) is 30.3 Å². The van der Waals surface area contributed by atoms with Crippen molar-refractivity contribution in [3.05, 3.63) is 36.0 Å². The molecule has 0 atom stereocenters. The Bertz CT molecular complexity index is 358. The molecule has 2 rings (SSSR count). The summed E-state index contributed by atoms with van der Waals surface area (Å²) in [5.41, 5.74) is 2.01. The molecular formula is C9H6N2. The van der Waals surface area contributed by atoms with E-state index in [9.17, 15) is 0 Å². The average molecular weight is 143 g/mol. The topological polar surface area (TPSA) is 24.7 Å². The van der Waals surface area contributed by atoms with Crippen LogP contribution in [0.5, 0.6) is 0 Å². The first kappa shape index (κ1) is 6.08. The molecule has 0 fully saturated rings. The van der Waals surface area contributed by atoms with Crippen molar-refractivity contribution in [1.82, 2.24) is 0 Å². The molecule has 1 aliphatic rings. The lowest BCUT2D eigenvalue weighted by molar-refractivity contribution is 1.52. The van der Waals surface area contributed by atoms with Crippen LogP contribution < -0.4 is 0 Å². The second kappa shape index (κ2) is 2.52. The minimum atomic E-state index is 0.921. The van der Waals surface area contributed by atoms with E-state index < -0.39 is 0 Å². The molecule has 0 amide bonds. The molecule has 0 aliphatic carbocycles. The summed E-state index contributed by atoms with van der Waals surface area (Å²) in [7, 11) is 0. The van der Waals surface area contributed by atoms with E-state index in [4.69, 9.17) is 0 Å². The summed E-state index contributed by atoms with van der Waals surface area (Å²) in [5.74, 6) is 0. The van der Waals surface area contributed by atoms with Gasteiger partial charge in [0.25, 0.3) is 0 Å². The van der Waals surface area contributed by atoms with Crippen molar-refractivity contribution in [3.63, 3.8) is 0 Å². The van der Waals surface area contributed by atoms with Crippen LogP contribution in [0.15, 0.2) is 40.5 Å². The van der Waals surface area contributed by atoms with Gasteiger partial charge in [0.2, 0.25) is 0 Å². The molecule has 1 aliphatic heterocycles. The third-order valence-corrected chi connectivity index (χ3v) is 1.49. The quantitative estimate of drug-likeness (QED) is 0.498. The van der Waals surface area contributed by atoms with Crippen LogP contribution in [0.25, 0.3) is 6.08 Å². The standard InChI is InChI=1S/C9H6N2/c1-2-4-9-8(3-1)5-6-10-7-11-9/h1-6H/i10+1. The van der Waals surface area contributed by atoms with Crippen LogP contribution in [0, 0.1) is 0 Å². The van der Waals surface area contributed by atoms with Crippen molar-refractivity contribution in [2.75, 3.05) is 0 Å². The number of rotatable bonds is 0. The second-order valence-corrected chi connectivity index (χ2v) is 2.22. The van der Waals surface area contributed by atoms with E-state index in [1.165, 1.54) is 0 Å². The zero-order chi connectivity index (χ0) is 7.52. The molecule has 0 saturated heterocycles. The first-order chi connectivity index (χ1) is 5.47. The molecule has 1 heterocycles. The molecule has 1 aromatic rings. The number of benzene rings is 1. The fourth-order valence-corrected chi connectivity index (χ4v) is 0.964. The van der Waals surface area contributed by atoms with Gasteiger partial charge in [-0.05, 0) is 12.1 Å². The van der Waals surface area contributed by atoms with E-state index in [1.54, 1.807) is 6.20 Å². The van der Waals surface area contributed by atoms with Gasteiger partial charge in [0.15, 0.2) is 0 Å². The molecule has 0 bridgehead atoms. The SMILES string of the molecule is C1=Nc2ccccc2C=C[15N]=1. The molecule has 52 valence electrons. The number of hydrogen-bond acceptors (Lipinski definition) is 2. The third kappa shape index (κ3) is 1.11. The smallest absolute Gasteiger partial charge is 0.0999 e. The molecule has 0 spiro atoms. The number of aliphatic imine (C=N–C) groups is 2. The lowest BCUT2D eigenvalue weighted by Crippen LogP contribution is -1.70. The molecule has 2 nitrogen and oxygen atoms in total. The maximum Gasteiger partial charge on any atom is 0.0999 e. The van der Waals surface area contributed by atoms with E-state index in [2.05, 4.69) is 16.0 Å². The van der Waals surface area contributed by atoms with Gasteiger partial charge in [-0.15, -0.1) is 0 Å². The van der Waals surface area contributed by atoms with Crippen molar-refractivity contribution in [2.45, 2.75) is 0 Å². The number of fused-ring (bicyclic) bond motifs is 1. The molecule has 11 heavy (non-hydrogen) atoms. The van der Waals surface area contributed by atoms with Gasteiger partial charge in [0.1, 0.15) is 0 Å². The van der Waals surface area contributed by atoms with Crippen LogP contribution in [0.3, 0.4) is 0 Å². The first-order valence-electron chi connectivity index (χ1n) is 3.38. The number of hydrogen-bond donors (Lipinski definition) is 0. The highest BCUT2D eigenvalue weighted by molar-refractivity contribution is 5.69. The minimum Gasteiger partial charge on any atom is -0.195 e. The number of para-hydroxylation sites is 1. The Morgan fingerprint density at radius 3 is 3.09 bits per heavy atom. The molecule has 0 saturated carbocycles. The van der Waals surface area contributed by atoms with Crippen LogP contribution >= 0.6 is 0 Å². The highest BCUT2D eigenvalue weighted by Crippen LogP contribution is 2.20. The summed E-state index contributed by atoms with van der Waals surface area (Å²) in [5, 5.41) is 0. The number of nitrogens with zero attached hydrogens (tertiary/aromatic N) is 2. The predicted molar refractivity (Wildman–Crippen MR) is 45.0 cm³/mol. The molecule has 1 aromatic carbocycles. The summed E-state index contributed by atoms with van der Waals surface area (Å²) < 4.78 is 0. The van der Waals surface area contributed by atoms with Crippen molar-refractivity contribution in [3.8, 4) is 0 Å². The largest absolute Gasteiger partial charge is 0.195 e. The van der Waals surface area contributed by atoms with Crippen LogP contribution in [0.4, 0.5) is 5.69 Å². The lowest BCUT2D eigenvalue weighted by atomic mass is 10.2. The molecular weight excluding hydrogens is 137 g/mol. The van der Waals surface area contributed by atoms with Crippen molar-refractivity contribution in [2.24, 2.45) is 9.98 Å². The Morgan fingerprint density at radius 2 is 2.09 bits per heavy atom. The highest BCUT2D eigenvalue weighted by Gasteiger charge is 1.95.